The minimum absolute atomic E-state index is 0.904. The summed E-state index contributed by atoms with van der Waals surface area (Å²) in [6, 6.07) is 38.5. The second-order valence-corrected chi connectivity index (χ2v) is 31.1. The summed E-state index contributed by atoms with van der Waals surface area (Å²) in [6.07, 6.45) is -1.81. The van der Waals surface area contributed by atoms with E-state index in [9.17, 15) is 0 Å². The summed E-state index contributed by atoms with van der Waals surface area (Å²) in [5, 5.41) is 5.10. The van der Waals surface area contributed by atoms with Crippen LogP contribution in [0.5, 0.6) is 0 Å². The molecule has 0 aliphatic heterocycles. The quantitative estimate of drug-likeness (QED) is 0.169. The maximum atomic E-state index is 7.72. The Morgan fingerprint density at radius 2 is 0.806 bits per heavy atom. The molecular formula is C26H24Cl2P2Pd. The van der Waals surface area contributed by atoms with Crippen LogP contribution in [0.4, 0.5) is 0 Å². The van der Waals surface area contributed by atoms with Crippen molar-refractivity contribution in [3.05, 3.63) is 120 Å². The molecule has 0 nitrogen and oxygen atoms in total. The van der Waals surface area contributed by atoms with Crippen molar-refractivity contribution >= 4 is 52.5 Å². The molecule has 0 bridgehead atoms. The Balaban J connectivity index is 1.97. The molecule has 0 radical (unpaired) electrons. The molecule has 162 valence electrons. The Labute approximate surface area is 198 Å². The molecule has 0 aliphatic carbocycles. The fourth-order valence-corrected chi connectivity index (χ4v) is 32.8. The van der Waals surface area contributed by atoms with Gasteiger partial charge in [-0.25, -0.2) is 0 Å². The molecule has 0 spiro atoms. The van der Waals surface area contributed by atoms with Crippen molar-refractivity contribution in [2.75, 3.05) is 0 Å². The van der Waals surface area contributed by atoms with Crippen LogP contribution in [0.15, 0.2) is 109 Å². The summed E-state index contributed by atoms with van der Waals surface area (Å²) >= 11 is -3.07. The van der Waals surface area contributed by atoms with Crippen LogP contribution in [-0.2, 0) is 12.5 Å². The zero-order valence-corrected chi connectivity index (χ0v) is 22.2. The molecule has 0 saturated carbocycles. The predicted molar refractivity (Wildman–Crippen MR) is 139 cm³/mol. The van der Waals surface area contributed by atoms with Crippen molar-refractivity contribution in [3.8, 4) is 0 Å². The Bertz CT molecular complexity index is 1060. The molecular weight excluding hydrogens is 552 g/mol. The van der Waals surface area contributed by atoms with E-state index in [0.29, 0.717) is 0 Å². The van der Waals surface area contributed by atoms with E-state index in [1.54, 1.807) is 0 Å². The third kappa shape index (κ3) is 5.00. The first kappa shape index (κ1) is 23.2. The molecule has 0 amide bonds. The van der Waals surface area contributed by atoms with Gasteiger partial charge in [0.05, 0.1) is 0 Å². The number of hydrogen-bond acceptors (Lipinski definition) is 0. The summed E-state index contributed by atoms with van der Waals surface area (Å²) in [6.45, 7) is 4.35. The Morgan fingerprint density at radius 1 is 0.484 bits per heavy atom. The van der Waals surface area contributed by atoms with Gasteiger partial charge in [-0.2, -0.15) is 0 Å². The Morgan fingerprint density at radius 3 is 1.16 bits per heavy atom. The van der Waals surface area contributed by atoms with Gasteiger partial charge in [0.1, 0.15) is 0 Å². The van der Waals surface area contributed by atoms with E-state index in [-0.39, 0.29) is 0 Å². The topological polar surface area (TPSA) is 0 Å². The van der Waals surface area contributed by atoms with E-state index in [1.165, 1.54) is 32.3 Å². The SMILES string of the molecule is Cc1ccccc1[P](c1ccccc1)[Pd]([Cl])([Cl])[P](c1ccccc1)c1ccccc1C. The molecule has 4 aromatic carbocycles. The van der Waals surface area contributed by atoms with Gasteiger partial charge in [-0.1, -0.05) is 0 Å². The van der Waals surface area contributed by atoms with Crippen LogP contribution in [0, 0.1) is 13.8 Å². The van der Waals surface area contributed by atoms with Gasteiger partial charge >= 0.3 is 199 Å². The Hall–Kier alpha value is -1.02. The number of benzene rings is 4. The first-order valence-corrected chi connectivity index (χ1v) is 20.4. The van der Waals surface area contributed by atoms with Gasteiger partial charge in [0, 0.05) is 0 Å². The average Bonchev–Trinajstić information content (AvgIpc) is 2.78. The molecule has 2 unspecified atom stereocenters. The molecule has 0 aromatic heterocycles. The molecule has 0 aliphatic rings. The van der Waals surface area contributed by atoms with Crippen molar-refractivity contribution in [1.29, 1.82) is 0 Å². The van der Waals surface area contributed by atoms with Gasteiger partial charge in [0.25, 0.3) is 0 Å². The van der Waals surface area contributed by atoms with Crippen LogP contribution in [0.2, 0.25) is 0 Å². The van der Waals surface area contributed by atoms with Gasteiger partial charge < -0.3 is 0 Å². The van der Waals surface area contributed by atoms with Crippen LogP contribution in [-0.4, -0.2) is 0 Å². The van der Waals surface area contributed by atoms with E-state index in [2.05, 4.69) is 123 Å². The van der Waals surface area contributed by atoms with E-state index in [1.807, 2.05) is 0 Å². The standard InChI is InChI=1S/2C13H12P.2ClH.Pd/c2*1-11-7-5-6-10-13(11)14-12-8-3-2-4-9-12;;;/h2*2-10H,1H3;2*1H;/q2*-1;;;+4/p-2. The van der Waals surface area contributed by atoms with Gasteiger partial charge in [-0.15, -0.1) is 0 Å². The third-order valence-electron chi connectivity index (χ3n) is 4.90. The summed E-state index contributed by atoms with van der Waals surface area (Å²) in [4.78, 5) is 0. The van der Waals surface area contributed by atoms with Crippen LogP contribution in [0.3, 0.4) is 0 Å². The molecule has 2 atom stereocenters. The fourth-order valence-electron chi connectivity index (χ4n) is 3.36. The average molecular weight is 576 g/mol. The number of hydrogen-bond donors (Lipinski definition) is 0. The zero-order valence-electron chi connectivity index (χ0n) is 17.4. The van der Waals surface area contributed by atoms with E-state index < -0.39 is 24.7 Å². The summed E-state index contributed by atoms with van der Waals surface area (Å²) < 4.78 is 0. The third-order valence-corrected chi connectivity index (χ3v) is 30.6. The molecule has 5 heteroatoms. The normalized spacial score (nSPS) is 14.1. The maximum absolute atomic E-state index is 7.72. The van der Waals surface area contributed by atoms with Crippen LogP contribution >= 0.6 is 31.3 Å². The molecule has 0 saturated heterocycles. The zero-order chi connectivity index (χ0) is 21.8. The molecule has 4 rings (SSSR count). The van der Waals surface area contributed by atoms with Crippen LogP contribution in [0.1, 0.15) is 11.1 Å². The monoisotopic (exact) mass is 574 g/mol. The van der Waals surface area contributed by atoms with Crippen LogP contribution in [0.25, 0.3) is 0 Å². The van der Waals surface area contributed by atoms with Crippen molar-refractivity contribution in [3.63, 3.8) is 0 Å². The molecule has 0 N–H and O–H groups in total. The summed E-state index contributed by atoms with van der Waals surface area (Å²) in [7, 11) is 15.4. The molecule has 0 fully saturated rings. The van der Waals surface area contributed by atoms with E-state index in [0.717, 1.165) is 0 Å². The van der Waals surface area contributed by atoms with E-state index in [4.69, 9.17) is 19.1 Å². The molecule has 31 heavy (non-hydrogen) atoms. The van der Waals surface area contributed by atoms with Crippen molar-refractivity contribution in [2.24, 2.45) is 0 Å². The number of rotatable bonds is 6. The van der Waals surface area contributed by atoms with Gasteiger partial charge in [0.15, 0.2) is 0 Å². The van der Waals surface area contributed by atoms with Gasteiger partial charge in [0.2, 0.25) is 0 Å². The molecule has 4 aromatic rings. The van der Waals surface area contributed by atoms with E-state index >= 15 is 0 Å². The second-order valence-electron chi connectivity index (χ2n) is 7.07. The van der Waals surface area contributed by atoms with Crippen molar-refractivity contribution in [2.45, 2.75) is 13.8 Å². The fraction of sp³-hybridized carbons (Fsp3) is 0.0769. The van der Waals surface area contributed by atoms with Gasteiger partial charge in [-0.05, 0) is 0 Å². The van der Waals surface area contributed by atoms with Crippen molar-refractivity contribution in [1.82, 2.24) is 0 Å². The van der Waals surface area contributed by atoms with Crippen LogP contribution < -0.4 is 21.2 Å². The molecule has 0 heterocycles. The minimum atomic E-state index is -3.07. The summed E-state index contributed by atoms with van der Waals surface area (Å²) in [5.41, 5.74) is 2.51. The first-order chi connectivity index (χ1) is 15.0. The summed E-state index contributed by atoms with van der Waals surface area (Å²) in [5.74, 6) is 0. The first-order valence-electron chi connectivity index (χ1n) is 9.89. The van der Waals surface area contributed by atoms with Crippen molar-refractivity contribution < 1.29 is 12.5 Å². The number of halogens is 2. The number of aryl methyl sites for hydroxylation is 2. The Kier molecular flexibility index (Phi) is 7.68. The second kappa shape index (κ2) is 10.3. The van der Waals surface area contributed by atoms with Gasteiger partial charge in [-0.3, -0.25) is 0 Å². The predicted octanol–water partition coefficient (Wildman–Crippen LogP) is 7.16.